The molecule has 0 aliphatic rings. The van der Waals surface area contributed by atoms with E-state index in [1.165, 1.54) is 0 Å². The van der Waals surface area contributed by atoms with Gasteiger partial charge in [0.2, 0.25) is 11.5 Å². The lowest BCUT2D eigenvalue weighted by molar-refractivity contribution is 0.0686. The molecule has 0 bridgehead atoms. The lowest BCUT2D eigenvalue weighted by Crippen LogP contribution is -2.08. The highest BCUT2D eigenvalue weighted by Crippen LogP contribution is 2.45. The SMILES string of the molecule is O=C(O)c1cc(O)c(O)c(O)c1Cc1c(C(=O)O)cc(O)c(O)c1O. The Kier molecular flexibility index (Phi) is 4.21. The molecular weight excluding hydrogens is 340 g/mol. The van der Waals surface area contributed by atoms with Crippen LogP contribution in [-0.2, 0) is 6.42 Å². The van der Waals surface area contributed by atoms with Gasteiger partial charge in [-0.05, 0) is 12.1 Å². The number of phenolic OH excluding ortho intramolecular Hbond substituents is 6. The molecule has 0 fully saturated rings. The highest BCUT2D eigenvalue weighted by Gasteiger charge is 2.26. The minimum absolute atomic E-state index is 0.523. The molecule has 0 saturated carbocycles. The number of benzene rings is 2. The van der Waals surface area contributed by atoms with E-state index in [0.29, 0.717) is 12.1 Å². The highest BCUT2D eigenvalue weighted by molar-refractivity contribution is 5.94. The van der Waals surface area contributed by atoms with Crippen LogP contribution in [0.25, 0.3) is 0 Å². The Morgan fingerprint density at radius 1 is 0.640 bits per heavy atom. The lowest BCUT2D eigenvalue weighted by Gasteiger charge is -2.15. The van der Waals surface area contributed by atoms with Gasteiger partial charge in [0.1, 0.15) is 0 Å². The van der Waals surface area contributed by atoms with Gasteiger partial charge < -0.3 is 40.9 Å². The molecule has 2 aromatic carbocycles. The molecule has 25 heavy (non-hydrogen) atoms. The average Bonchev–Trinajstić information content (AvgIpc) is 2.54. The van der Waals surface area contributed by atoms with E-state index in [9.17, 15) is 40.2 Å². The second kappa shape index (κ2) is 6.00. The topological polar surface area (TPSA) is 196 Å². The molecule has 8 N–H and O–H groups in total. The summed E-state index contributed by atoms with van der Waals surface area (Å²) in [6.45, 7) is 0. The van der Waals surface area contributed by atoms with Crippen LogP contribution in [0.5, 0.6) is 34.5 Å². The van der Waals surface area contributed by atoms with Crippen molar-refractivity contribution in [2.24, 2.45) is 0 Å². The number of carboxylic acid groups (broad SMARTS) is 2. The van der Waals surface area contributed by atoms with Crippen molar-refractivity contribution in [3.05, 3.63) is 34.4 Å². The second-order valence-corrected chi connectivity index (χ2v) is 5.03. The Balaban J connectivity index is 2.77. The Morgan fingerprint density at radius 2 is 0.960 bits per heavy atom. The number of rotatable bonds is 4. The maximum atomic E-state index is 11.3. The average molecular weight is 352 g/mol. The van der Waals surface area contributed by atoms with Crippen LogP contribution in [0.3, 0.4) is 0 Å². The first-order valence-corrected chi connectivity index (χ1v) is 6.56. The van der Waals surface area contributed by atoms with E-state index in [1.54, 1.807) is 0 Å². The van der Waals surface area contributed by atoms with Gasteiger partial charge in [0.05, 0.1) is 11.1 Å². The van der Waals surface area contributed by atoms with E-state index in [0.717, 1.165) is 0 Å². The van der Waals surface area contributed by atoms with Crippen LogP contribution in [0.15, 0.2) is 12.1 Å². The fraction of sp³-hybridized carbons (Fsp3) is 0.0667. The van der Waals surface area contributed by atoms with E-state index in [2.05, 4.69) is 0 Å². The third-order valence-electron chi connectivity index (χ3n) is 3.53. The quantitative estimate of drug-likeness (QED) is 0.366. The molecule has 0 aliphatic heterocycles. The van der Waals surface area contributed by atoms with Crippen LogP contribution in [0, 0.1) is 0 Å². The van der Waals surface area contributed by atoms with E-state index >= 15 is 0 Å². The molecule has 10 nitrogen and oxygen atoms in total. The van der Waals surface area contributed by atoms with Crippen LogP contribution in [0.2, 0.25) is 0 Å². The zero-order valence-electron chi connectivity index (χ0n) is 12.3. The van der Waals surface area contributed by atoms with Crippen molar-refractivity contribution in [2.45, 2.75) is 6.42 Å². The summed E-state index contributed by atoms with van der Waals surface area (Å²) in [6, 6.07) is 1.26. The molecule has 0 atom stereocenters. The van der Waals surface area contributed by atoms with Crippen molar-refractivity contribution in [1.29, 1.82) is 0 Å². The van der Waals surface area contributed by atoms with Crippen LogP contribution < -0.4 is 0 Å². The standard InChI is InChI=1S/C15H12O10/c16-8-2-6(14(22)23)4(10(18)12(8)20)1-5-7(15(24)25)3-9(17)13(21)11(5)19/h2-3,16-21H,1H2,(H,22,23)(H,24,25). The summed E-state index contributed by atoms with van der Waals surface area (Å²) in [4.78, 5) is 22.6. The van der Waals surface area contributed by atoms with Gasteiger partial charge in [-0.1, -0.05) is 0 Å². The van der Waals surface area contributed by atoms with Crippen molar-refractivity contribution >= 4 is 11.9 Å². The monoisotopic (exact) mass is 352 g/mol. The van der Waals surface area contributed by atoms with Crippen molar-refractivity contribution < 1.29 is 50.4 Å². The predicted molar refractivity (Wildman–Crippen MR) is 79.6 cm³/mol. The van der Waals surface area contributed by atoms with Gasteiger partial charge in [0.25, 0.3) is 0 Å². The molecule has 0 unspecified atom stereocenters. The van der Waals surface area contributed by atoms with Crippen LogP contribution >= 0.6 is 0 Å². The summed E-state index contributed by atoms with van der Waals surface area (Å²) in [7, 11) is 0. The molecule has 10 heteroatoms. The lowest BCUT2D eigenvalue weighted by atomic mass is 9.93. The summed E-state index contributed by atoms with van der Waals surface area (Å²) in [6.07, 6.45) is -0.747. The zero-order chi connectivity index (χ0) is 19.0. The maximum Gasteiger partial charge on any atom is 0.336 e. The fourth-order valence-corrected chi connectivity index (χ4v) is 2.28. The first-order valence-electron chi connectivity index (χ1n) is 6.56. The van der Waals surface area contributed by atoms with Crippen molar-refractivity contribution in [3.63, 3.8) is 0 Å². The first kappa shape index (κ1) is 17.5. The maximum absolute atomic E-state index is 11.3. The van der Waals surface area contributed by atoms with E-state index < -0.39 is 75.1 Å². The first-order chi connectivity index (χ1) is 11.6. The Morgan fingerprint density at radius 3 is 1.24 bits per heavy atom. The number of hydrogen-bond donors (Lipinski definition) is 8. The van der Waals surface area contributed by atoms with Gasteiger partial charge >= 0.3 is 11.9 Å². The molecule has 0 amide bonds. The molecule has 0 radical (unpaired) electrons. The molecule has 2 aromatic rings. The summed E-state index contributed by atoms with van der Waals surface area (Å²) >= 11 is 0. The van der Waals surface area contributed by atoms with Crippen LogP contribution in [0.1, 0.15) is 31.8 Å². The Labute approximate surface area is 138 Å². The number of phenols is 6. The number of aromatic hydroxyl groups is 6. The van der Waals surface area contributed by atoms with E-state index in [4.69, 9.17) is 10.2 Å². The van der Waals surface area contributed by atoms with Gasteiger partial charge in [0, 0.05) is 17.5 Å². The summed E-state index contributed by atoms with van der Waals surface area (Å²) in [5.41, 5.74) is -2.39. The van der Waals surface area contributed by atoms with Gasteiger partial charge in [-0.15, -0.1) is 0 Å². The fourth-order valence-electron chi connectivity index (χ4n) is 2.28. The second-order valence-electron chi connectivity index (χ2n) is 5.03. The number of carboxylic acids is 2. The molecular formula is C15H12O10. The van der Waals surface area contributed by atoms with Gasteiger partial charge in [-0.3, -0.25) is 0 Å². The molecule has 0 spiro atoms. The van der Waals surface area contributed by atoms with Crippen LogP contribution in [0.4, 0.5) is 0 Å². The van der Waals surface area contributed by atoms with E-state index in [1.807, 2.05) is 0 Å². The Hall–Kier alpha value is -3.82. The smallest absolute Gasteiger partial charge is 0.336 e. The molecule has 0 aliphatic carbocycles. The minimum atomic E-state index is -1.61. The van der Waals surface area contributed by atoms with Gasteiger partial charge in [-0.25, -0.2) is 9.59 Å². The normalized spacial score (nSPS) is 10.6. The molecule has 0 aromatic heterocycles. The third kappa shape index (κ3) is 2.87. The summed E-state index contributed by atoms with van der Waals surface area (Å²) in [5, 5.41) is 76.0. The largest absolute Gasteiger partial charge is 0.504 e. The van der Waals surface area contributed by atoms with Crippen LogP contribution in [-0.4, -0.2) is 52.8 Å². The van der Waals surface area contributed by atoms with Crippen molar-refractivity contribution in [2.75, 3.05) is 0 Å². The molecule has 0 saturated heterocycles. The zero-order valence-corrected chi connectivity index (χ0v) is 12.3. The number of hydrogen-bond acceptors (Lipinski definition) is 8. The highest BCUT2D eigenvalue weighted by atomic mass is 16.4. The molecule has 0 heterocycles. The Bertz CT molecular complexity index is 827. The third-order valence-corrected chi connectivity index (χ3v) is 3.53. The molecule has 2 rings (SSSR count). The number of carbonyl (C=O) groups is 2. The van der Waals surface area contributed by atoms with Gasteiger partial charge in [-0.2, -0.15) is 0 Å². The van der Waals surface area contributed by atoms with Crippen molar-refractivity contribution in [3.8, 4) is 34.5 Å². The van der Waals surface area contributed by atoms with Crippen molar-refractivity contribution in [1.82, 2.24) is 0 Å². The summed E-state index contributed by atoms with van der Waals surface area (Å²) < 4.78 is 0. The van der Waals surface area contributed by atoms with E-state index in [-0.39, 0.29) is 0 Å². The minimum Gasteiger partial charge on any atom is -0.504 e. The predicted octanol–water partition coefficient (Wildman–Crippen LogP) is 0.907. The molecule has 132 valence electrons. The van der Waals surface area contributed by atoms with Gasteiger partial charge in [0.15, 0.2) is 23.0 Å². The number of aromatic carboxylic acids is 2. The summed E-state index contributed by atoms with van der Waals surface area (Å²) in [5.74, 6) is -9.23.